The van der Waals surface area contributed by atoms with Crippen molar-refractivity contribution in [3.8, 4) is 0 Å². The second kappa shape index (κ2) is 16.8. The predicted molar refractivity (Wildman–Crippen MR) is 349 cm³/mol. The van der Waals surface area contributed by atoms with Crippen LogP contribution in [-0.2, 0) is 48.7 Å². The van der Waals surface area contributed by atoms with Crippen LogP contribution < -0.4 is 31.1 Å². The topological polar surface area (TPSA) is 9.72 Å². The number of nitrogens with zero attached hydrogens (tertiary/aromatic N) is 3. The highest BCUT2D eigenvalue weighted by atomic mass is 15.3. The van der Waals surface area contributed by atoms with Crippen LogP contribution in [0.25, 0.3) is 0 Å². The molecule has 4 heteroatoms. The van der Waals surface area contributed by atoms with Gasteiger partial charge in [0.05, 0.1) is 5.54 Å². The normalized spacial score (nSPS) is 26.5. The third-order valence-corrected chi connectivity index (χ3v) is 24.7. The number of benzene rings is 6. The Morgan fingerprint density at radius 3 is 1.10 bits per heavy atom. The summed E-state index contributed by atoms with van der Waals surface area (Å²) in [5, 5.41) is 0. The van der Waals surface area contributed by atoms with Crippen LogP contribution in [0, 0.1) is 0 Å². The molecule has 1 fully saturated rings. The molecule has 0 bridgehead atoms. The Balaban J connectivity index is 1.16. The van der Waals surface area contributed by atoms with Crippen molar-refractivity contribution >= 4 is 68.6 Å². The van der Waals surface area contributed by atoms with E-state index < -0.39 is 0 Å². The summed E-state index contributed by atoms with van der Waals surface area (Å²) >= 11 is 0. The van der Waals surface area contributed by atoms with Gasteiger partial charge in [-0.2, -0.15) is 0 Å². The lowest BCUT2D eigenvalue weighted by Gasteiger charge is -2.50. The molecule has 2 atom stereocenters. The van der Waals surface area contributed by atoms with Crippen molar-refractivity contribution in [2.75, 3.05) is 14.7 Å². The van der Waals surface area contributed by atoms with Crippen LogP contribution >= 0.6 is 0 Å². The summed E-state index contributed by atoms with van der Waals surface area (Å²) < 4.78 is 0. The lowest BCUT2D eigenvalue weighted by Crippen LogP contribution is -2.62. The van der Waals surface area contributed by atoms with Gasteiger partial charge in [0.25, 0.3) is 6.71 Å². The Labute approximate surface area is 490 Å². The van der Waals surface area contributed by atoms with Gasteiger partial charge in [0.15, 0.2) is 0 Å². The molecule has 14 rings (SSSR count). The van der Waals surface area contributed by atoms with Crippen molar-refractivity contribution in [3.05, 3.63) is 147 Å². The summed E-state index contributed by atoms with van der Waals surface area (Å²) in [7, 11) is 0. The maximum atomic E-state index is 2.90. The van der Waals surface area contributed by atoms with Gasteiger partial charge in [0, 0.05) is 50.9 Å². The molecule has 0 spiro atoms. The van der Waals surface area contributed by atoms with Gasteiger partial charge in [0.2, 0.25) is 0 Å². The number of anilines is 8. The molecule has 0 amide bonds. The van der Waals surface area contributed by atoms with E-state index in [1.54, 1.807) is 11.1 Å². The Hall–Kier alpha value is -5.22. The van der Waals surface area contributed by atoms with Crippen LogP contribution in [-0.4, -0.2) is 12.3 Å². The molecular weight excluding hydrogens is 978 g/mol. The second-order valence-electron chi connectivity index (χ2n) is 33.5. The molecule has 0 aromatic heterocycles. The molecule has 81 heavy (non-hydrogen) atoms. The minimum Gasteiger partial charge on any atom is -0.334 e. The van der Waals surface area contributed by atoms with E-state index in [0.717, 1.165) is 6.42 Å². The summed E-state index contributed by atoms with van der Waals surface area (Å²) in [4.78, 5) is 8.55. The molecule has 5 aliphatic carbocycles. The highest BCUT2D eigenvalue weighted by Gasteiger charge is 2.58. The van der Waals surface area contributed by atoms with E-state index in [1.807, 2.05) is 0 Å². The van der Waals surface area contributed by atoms with E-state index in [-0.39, 0.29) is 61.0 Å². The smallest absolute Gasteiger partial charge is 0.252 e. The molecule has 0 radical (unpaired) electrons. The Kier molecular flexibility index (Phi) is 11.1. The molecular formula is C77H96BN3. The molecule has 6 aromatic carbocycles. The third-order valence-electron chi connectivity index (χ3n) is 24.7. The van der Waals surface area contributed by atoms with Crippen LogP contribution in [0.2, 0.25) is 0 Å². The molecule has 0 saturated heterocycles. The SMILES string of the molecule is CC1(C)CCC(C)(C)c2cc(N3c4cc5c(cc4B4c6cc7c(cc6N(c6ccc8c(c6)C(C)(C)CCC8(C)C)c6cc(N8c9ccccc9C9(C)CCCCCC89C)cc3c64)C(C)(C)CCC7(C)C)C(C)(C)CCC5(C)C)ccc21. The first-order valence-corrected chi connectivity index (χ1v) is 32.2. The van der Waals surface area contributed by atoms with E-state index in [9.17, 15) is 0 Å². The Bertz CT molecular complexity index is 3480. The van der Waals surface area contributed by atoms with E-state index in [2.05, 4.69) is 236 Å². The van der Waals surface area contributed by atoms with Crippen molar-refractivity contribution in [1.29, 1.82) is 0 Å². The van der Waals surface area contributed by atoms with Crippen LogP contribution in [0.3, 0.4) is 0 Å². The van der Waals surface area contributed by atoms with Gasteiger partial charge in [-0.05, 0) is 236 Å². The summed E-state index contributed by atoms with van der Waals surface area (Å²) in [6, 6.07) is 41.6. The van der Waals surface area contributed by atoms with E-state index >= 15 is 0 Å². The highest BCUT2D eigenvalue weighted by molar-refractivity contribution is 7.00. The monoisotopic (exact) mass is 1070 g/mol. The van der Waals surface area contributed by atoms with Crippen LogP contribution in [0.1, 0.15) is 258 Å². The number of para-hydroxylation sites is 1. The van der Waals surface area contributed by atoms with Crippen molar-refractivity contribution in [2.45, 2.75) is 262 Å². The van der Waals surface area contributed by atoms with E-state index in [1.165, 1.54) is 178 Å². The molecule has 422 valence electrons. The first-order valence-electron chi connectivity index (χ1n) is 32.2. The van der Waals surface area contributed by atoms with E-state index in [0.29, 0.717) is 0 Å². The molecule has 0 N–H and O–H groups in total. The fraction of sp³-hybridized carbons (Fsp3) is 0.532. The summed E-state index contributed by atoms with van der Waals surface area (Å²) in [6.07, 6.45) is 15.6. The van der Waals surface area contributed by atoms with Gasteiger partial charge in [-0.25, -0.2) is 0 Å². The molecule has 3 nitrogen and oxygen atoms in total. The Morgan fingerprint density at radius 1 is 0.296 bits per heavy atom. The van der Waals surface area contributed by atoms with E-state index in [4.69, 9.17) is 0 Å². The van der Waals surface area contributed by atoms with Crippen molar-refractivity contribution in [1.82, 2.24) is 0 Å². The average Bonchev–Trinajstić information content (AvgIpc) is 3.12. The fourth-order valence-electron chi connectivity index (χ4n) is 18.5. The highest BCUT2D eigenvalue weighted by Crippen LogP contribution is 2.62. The standard InChI is InChI=1S/C77H96BN3/c1-68(2)32-34-70(5,6)54-40-48(26-28-51(54)68)79-63-46-58-56(72(9,10)36-38-74(58,13)14)44-60(63)78-61-45-57-59(75(15,16)39-37-73(57,11)12)47-64(61)80(49-27-29-52-55(41-49)71(7,8)35-33-69(52,3)4)66-43-50(42-65(79)67(66)78)81-62-25-21-20-24-53(62)76(17)30-22-19-23-31-77(76,81)18/h20-21,24-29,40-47H,19,22-23,30-39H2,1-18H3. The minimum absolute atomic E-state index is 0.00298. The van der Waals surface area contributed by atoms with Gasteiger partial charge < -0.3 is 14.7 Å². The second-order valence-corrected chi connectivity index (χ2v) is 33.5. The summed E-state index contributed by atoms with van der Waals surface area (Å²) in [6.45, 7) is 45.6. The maximum absolute atomic E-state index is 2.90. The van der Waals surface area contributed by atoms with Crippen LogP contribution in [0.4, 0.5) is 45.5 Å². The zero-order chi connectivity index (χ0) is 57.4. The third kappa shape index (κ3) is 7.44. The van der Waals surface area contributed by atoms with Crippen molar-refractivity contribution < 1.29 is 0 Å². The minimum atomic E-state index is -0.130. The average molecular weight is 1070 g/mol. The number of hydrogen-bond acceptors (Lipinski definition) is 3. The molecule has 3 aliphatic heterocycles. The van der Waals surface area contributed by atoms with Crippen molar-refractivity contribution in [2.24, 2.45) is 0 Å². The lowest BCUT2D eigenvalue weighted by atomic mass is 9.32. The lowest BCUT2D eigenvalue weighted by molar-refractivity contribution is 0.261. The quantitative estimate of drug-likeness (QED) is 0.163. The van der Waals surface area contributed by atoms with Gasteiger partial charge in [-0.3, -0.25) is 0 Å². The summed E-state index contributed by atoms with van der Waals surface area (Å²) in [5.41, 5.74) is 29.2. The molecule has 2 unspecified atom stereocenters. The summed E-state index contributed by atoms with van der Waals surface area (Å²) in [5.74, 6) is 0. The number of rotatable bonds is 3. The zero-order valence-electron chi connectivity index (χ0n) is 53.3. The zero-order valence-corrected chi connectivity index (χ0v) is 53.3. The van der Waals surface area contributed by atoms with Crippen molar-refractivity contribution in [3.63, 3.8) is 0 Å². The largest absolute Gasteiger partial charge is 0.334 e. The fourth-order valence-corrected chi connectivity index (χ4v) is 18.5. The molecule has 1 saturated carbocycles. The maximum Gasteiger partial charge on any atom is 0.252 e. The molecule has 6 aromatic rings. The van der Waals surface area contributed by atoms with Gasteiger partial charge in [-0.1, -0.05) is 179 Å². The predicted octanol–water partition coefficient (Wildman–Crippen LogP) is 19.3. The first kappa shape index (κ1) is 53.8. The van der Waals surface area contributed by atoms with Gasteiger partial charge >= 0.3 is 0 Å². The van der Waals surface area contributed by atoms with Gasteiger partial charge in [-0.15, -0.1) is 0 Å². The molecule has 8 aliphatic rings. The molecule has 3 heterocycles. The van der Waals surface area contributed by atoms with Crippen LogP contribution in [0.15, 0.2) is 97.1 Å². The van der Waals surface area contributed by atoms with Gasteiger partial charge in [0.1, 0.15) is 0 Å². The number of fused-ring (bicyclic) bond motifs is 11. The first-order chi connectivity index (χ1) is 37.8. The number of hydrogen-bond donors (Lipinski definition) is 0. The Morgan fingerprint density at radius 2 is 0.667 bits per heavy atom. The van der Waals surface area contributed by atoms with Crippen LogP contribution in [0.5, 0.6) is 0 Å².